The second kappa shape index (κ2) is 5.23. The van der Waals surface area contributed by atoms with Crippen LogP contribution in [0.1, 0.15) is 25.6 Å². The Hall–Kier alpha value is -1.81. The maximum absolute atomic E-state index is 10.8. The third-order valence-corrected chi connectivity index (χ3v) is 3.15. The van der Waals surface area contributed by atoms with Crippen LogP contribution in [0.15, 0.2) is 34.7 Å². The van der Waals surface area contributed by atoms with Gasteiger partial charge in [-0.25, -0.2) is 0 Å². The van der Waals surface area contributed by atoms with E-state index in [9.17, 15) is 4.79 Å². The lowest BCUT2D eigenvalue weighted by molar-refractivity contribution is -0.138. The number of carboxylic acids is 1. The molecule has 0 fully saturated rings. The van der Waals surface area contributed by atoms with E-state index in [1.165, 1.54) is 0 Å². The summed E-state index contributed by atoms with van der Waals surface area (Å²) in [6, 6.07) is 9.72. The number of carboxylic acid groups (broad SMARTS) is 1. The van der Waals surface area contributed by atoms with E-state index in [1.807, 2.05) is 49.1 Å². The molecule has 1 atom stereocenters. The van der Waals surface area contributed by atoms with Gasteiger partial charge in [-0.05, 0) is 25.6 Å². The van der Waals surface area contributed by atoms with Crippen LogP contribution >= 0.6 is 0 Å². The van der Waals surface area contributed by atoms with Gasteiger partial charge in [0.25, 0.3) is 0 Å². The van der Waals surface area contributed by atoms with Gasteiger partial charge < -0.3 is 9.52 Å². The maximum atomic E-state index is 10.8. The summed E-state index contributed by atoms with van der Waals surface area (Å²) in [5.41, 5.74) is 0.839. The van der Waals surface area contributed by atoms with Gasteiger partial charge in [-0.3, -0.25) is 9.69 Å². The number of aliphatic carboxylic acids is 1. The van der Waals surface area contributed by atoms with Gasteiger partial charge in [0.2, 0.25) is 0 Å². The van der Waals surface area contributed by atoms with Crippen molar-refractivity contribution in [2.24, 2.45) is 0 Å². The minimum Gasteiger partial charge on any atom is -0.480 e. The van der Waals surface area contributed by atoms with E-state index in [0.29, 0.717) is 6.54 Å². The highest BCUT2D eigenvalue weighted by molar-refractivity contribution is 5.77. The molecule has 2 aromatic rings. The van der Waals surface area contributed by atoms with Crippen LogP contribution in [0.2, 0.25) is 0 Å². The predicted molar refractivity (Wildman–Crippen MR) is 69.5 cm³/mol. The highest BCUT2D eigenvalue weighted by Crippen LogP contribution is 2.26. The Bertz CT molecular complexity index is 514. The van der Waals surface area contributed by atoms with Gasteiger partial charge in [-0.15, -0.1) is 0 Å². The molecule has 0 radical (unpaired) electrons. The first kappa shape index (κ1) is 12.6. The summed E-state index contributed by atoms with van der Waals surface area (Å²) >= 11 is 0. The van der Waals surface area contributed by atoms with Crippen molar-refractivity contribution in [2.75, 3.05) is 13.1 Å². The number of nitrogens with zero attached hydrogens (tertiary/aromatic N) is 1. The molecule has 1 aromatic carbocycles. The molecule has 1 aromatic heterocycles. The molecule has 0 aliphatic carbocycles. The van der Waals surface area contributed by atoms with Gasteiger partial charge in [-0.2, -0.15) is 0 Å². The van der Waals surface area contributed by atoms with Crippen LogP contribution in [0.25, 0.3) is 11.0 Å². The molecule has 0 bridgehead atoms. The lowest BCUT2D eigenvalue weighted by Gasteiger charge is -2.24. The fourth-order valence-electron chi connectivity index (χ4n) is 2.08. The molecule has 0 saturated carbocycles. The average molecular weight is 247 g/mol. The highest BCUT2D eigenvalue weighted by Gasteiger charge is 2.20. The maximum Gasteiger partial charge on any atom is 0.317 e. The van der Waals surface area contributed by atoms with Crippen LogP contribution < -0.4 is 0 Å². The molecule has 0 saturated heterocycles. The summed E-state index contributed by atoms with van der Waals surface area (Å²) < 4.78 is 5.76. The van der Waals surface area contributed by atoms with Crippen molar-refractivity contribution in [3.05, 3.63) is 36.1 Å². The van der Waals surface area contributed by atoms with Gasteiger partial charge in [0, 0.05) is 5.39 Å². The Kier molecular flexibility index (Phi) is 3.67. The number of fused-ring (bicyclic) bond motifs is 1. The zero-order valence-corrected chi connectivity index (χ0v) is 10.6. The quantitative estimate of drug-likeness (QED) is 0.882. The van der Waals surface area contributed by atoms with E-state index in [4.69, 9.17) is 9.52 Å². The molecule has 2 rings (SSSR count). The first-order chi connectivity index (χ1) is 8.61. The van der Waals surface area contributed by atoms with Crippen LogP contribution in [-0.2, 0) is 4.79 Å². The number of carbonyl (C=O) groups is 1. The molecule has 0 spiro atoms. The van der Waals surface area contributed by atoms with Crippen molar-refractivity contribution < 1.29 is 14.3 Å². The van der Waals surface area contributed by atoms with Gasteiger partial charge in [-0.1, -0.05) is 25.1 Å². The van der Waals surface area contributed by atoms with E-state index < -0.39 is 5.97 Å². The zero-order chi connectivity index (χ0) is 13.1. The number of furan rings is 1. The smallest absolute Gasteiger partial charge is 0.317 e. The van der Waals surface area contributed by atoms with E-state index >= 15 is 0 Å². The molecule has 4 heteroatoms. The molecule has 1 N–H and O–H groups in total. The molecule has 4 nitrogen and oxygen atoms in total. The van der Waals surface area contributed by atoms with E-state index in [1.54, 1.807) is 0 Å². The first-order valence-electron chi connectivity index (χ1n) is 6.06. The fraction of sp³-hybridized carbons (Fsp3) is 0.357. The Morgan fingerprint density at radius 3 is 2.78 bits per heavy atom. The minimum atomic E-state index is -0.820. The average Bonchev–Trinajstić information content (AvgIpc) is 2.78. The van der Waals surface area contributed by atoms with Crippen molar-refractivity contribution in [2.45, 2.75) is 19.9 Å². The zero-order valence-electron chi connectivity index (χ0n) is 10.6. The van der Waals surface area contributed by atoms with Crippen molar-refractivity contribution in [1.29, 1.82) is 0 Å². The summed E-state index contributed by atoms with van der Waals surface area (Å²) in [6.45, 7) is 4.60. The van der Waals surface area contributed by atoms with Gasteiger partial charge >= 0.3 is 5.97 Å². The molecule has 18 heavy (non-hydrogen) atoms. The summed E-state index contributed by atoms with van der Waals surface area (Å²) in [6.07, 6.45) is 0. The van der Waals surface area contributed by atoms with E-state index in [2.05, 4.69) is 0 Å². The van der Waals surface area contributed by atoms with Gasteiger partial charge in [0.15, 0.2) is 0 Å². The van der Waals surface area contributed by atoms with E-state index in [0.717, 1.165) is 16.7 Å². The summed E-state index contributed by atoms with van der Waals surface area (Å²) in [5, 5.41) is 9.93. The van der Waals surface area contributed by atoms with Crippen LogP contribution in [0.5, 0.6) is 0 Å². The standard InChI is InChI=1S/C14H17NO3/c1-3-15(9-14(16)17)10(2)13-8-11-6-4-5-7-12(11)18-13/h4-8,10H,3,9H2,1-2H3,(H,16,17). The molecular formula is C14H17NO3. The number of para-hydroxylation sites is 1. The molecule has 1 heterocycles. The lowest BCUT2D eigenvalue weighted by Crippen LogP contribution is -2.31. The lowest BCUT2D eigenvalue weighted by atomic mass is 10.2. The molecule has 0 amide bonds. The predicted octanol–water partition coefficient (Wildman–Crippen LogP) is 2.90. The number of rotatable bonds is 5. The number of benzene rings is 1. The molecular weight excluding hydrogens is 230 g/mol. The summed E-state index contributed by atoms with van der Waals surface area (Å²) in [7, 11) is 0. The van der Waals surface area contributed by atoms with Crippen molar-refractivity contribution in [3.63, 3.8) is 0 Å². The first-order valence-corrected chi connectivity index (χ1v) is 6.06. The molecule has 1 unspecified atom stereocenters. The number of likely N-dealkylation sites (N-methyl/N-ethyl adjacent to an activating group) is 1. The molecule has 0 aliphatic heterocycles. The number of hydrogen-bond acceptors (Lipinski definition) is 3. The fourth-order valence-corrected chi connectivity index (χ4v) is 2.08. The van der Waals surface area contributed by atoms with Crippen LogP contribution in [0, 0.1) is 0 Å². The Morgan fingerprint density at radius 2 is 2.17 bits per heavy atom. The monoisotopic (exact) mass is 247 g/mol. The Labute approximate surface area is 106 Å². The summed E-state index contributed by atoms with van der Waals surface area (Å²) in [4.78, 5) is 12.7. The third-order valence-electron chi connectivity index (χ3n) is 3.15. The van der Waals surface area contributed by atoms with Crippen LogP contribution in [-0.4, -0.2) is 29.1 Å². The van der Waals surface area contributed by atoms with Gasteiger partial charge in [0.05, 0.1) is 12.6 Å². The van der Waals surface area contributed by atoms with Gasteiger partial charge in [0.1, 0.15) is 11.3 Å². The second-order valence-corrected chi connectivity index (χ2v) is 4.32. The normalized spacial score (nSPS) is 13.1. The molecule has 96 valence electrons. The highest BCUT2D eigenvalue weighted by atomic mass is 16.4. The number of hydrogen-bond donors (Lipinski definition) is 1. The van der Waals surface area contributed by atoms with E-state index in [-0.39, 0.29) is 12.6 Å². The van der Waals surface area contributed by atoms with Crippen LogP contribution in [0.3, 0.4) is 0 Å². The van der Waals surface area contributed by atoms with Crippen molar-refractivity contribution in [3.8, 4) is 0 Å². The Balaban J connectivity index is 2.26. The molecule has 0 aliphatic rings. The SMILES string of the molecule is CCN(CC(=O)O)C(C)c1cc2ccccc2o1. The largest absolute Gasteiger partial charge is 0.480 e. The summed E-state index contributed by atoms with van der Waals surface area (Å²) in [5.74, 6) is -0.0147. The topological polar surface area (TPSA) is 53.7 Å². The third kappa shape index (κ3) is 2.54. The minimum absolute atomic E-state index is 0.0225. The van der Waals surface area contributed by atoms with Crippen LogP contribution in [0.4, 0.5) is 0 Å². The second-order valence-electron chi connectivity index (χ2n) is 4.32. The van der Waals surface area contributed by atoms with Crippen molar-refractivity contribution >= 4 is 16.9 Å². The Morgan fingerprint density at radius 1 is 1.44 bits per heavy atom. The van der Waals surface area contributed by atoms with Crippen molar-refractivity contribution in [1.82, 2.24) is 4.90 Å².